The Morgan fingerprint density at radius 3 is 2.25 bits per heavy atom. The summed E-state index contributed by atoms with van der Waals surface area (Å²) in [6.07, 6.45) is 5.16. The zero-order chi connectivity index (χ0) is 12.0. The summed E-state index contributed by atoms with van der Waals surface area (Å²) in [6.45, 7) is 6.74. The van der Waals surface area contributed by atoms with Gasteiger partial charge < -0.3 is 5.11 Å². The second-order valence-electron chi connectivity index (χ2n) is 4.99. The standard InChI is InChI=1S/C14H20OSi/c1-16(2,3)12-11-14(15)10-9-13-7-5-4-6-8-13/h4-12,14-15H,1-3H3. The highest BCUT2D eigenvalue weighted by atomic mass is 28.3. The van der Waals surface area contributed by atoms with E-state index in [-0.39, 0.29) is 0 Å². The molecule has 1 unspecified atom stereocenters. The van der Waals surface area contributed by atoms with Crippen LogP contribution in [0.1, 0.15) is 5.56 Å². The van der Waals surface area contributed by atoms with Crippen molar-refractivity contribution in [2.24, 2.45) is 0 Å². The minimum absolute atomic E-state index is 0.480. The average molecular weight is 232 g/mol. The molecular weight excluding hydrogens is 212 g/mol. The summed E-state index contributed by atoms with van der Waals surface area (Å²) in [7, 11) is -1.20. The Balaban J connectivity index is 2.55. The Morgan fingerprint density at radius 2 is 1.69 bits per heavy atom. The van der Waals surface area contributed by atoms with Crippen LogP contribution in [0.4, 0.5) is 0 Å². The molecule has 1 atom stereocenters. The molecule has 16 heavy (non-hydrogen) atoms. The van der Waals surface area contributed by atoms with Crippen LogP contribution in [0, 0.1) is 0 Å². The molecule has 0 aliphatic carbocycles. The van der Waals surface area contributed by atoms with E-state index in [4.69, 9.17) is 0 Å². The van der Waals surface area contributed by atoms with Crippen molar-refractivity contribution in [3.05, 3.63) is 53.7 Å². The Bertz CT molecular complexity index is 360. The summed E-state index contributed by atoms with van der Waals surface area (Å²) in [5.41, 5.74) is 3.27. The molecule has 1 N–H and O–H groups in total. The maximum Gasteiger partial charge on any atom is 0.0902 e. The van der Waals surface area contributed by atoms with Gasteiger partial charge in [0.2, 0.25) is 0 Å². The van der Waals surface area contributed by atoms with Gasteiger partial charge in [0.05, 0.1) is 14.2 Å². The van der Waals surface area contributed by atoms with Crippen LogP contribution < -0.4 is 0 Å². The zero-order valence-corrected chi connectivity index (χ0v) is 11.2. The molecule has 1 aromatic carbocycles. The van der Waals surface area contributed by atoms with Crippen LogP contribution in [0.5, 0.6) is 0 Å². The molecule has 1 aromatic rings. The van der Waals surface area contributed by atoms with Crippen molar-refractivity contribution in [1.29, 1.82) is 0 Å². The largest absolute Gasteiger partial charge is 0.385 e. The van der Waals surface area contributed by atoms with Crippen molar-refractivity contribution in [2.75, 3.05) is 0 Å². The number of rotatable bonds is 4. The molecule has 1 rings (SSSR count). The number of hydrogen-bond donors (Lipinski definition) is 1. The number of benzene rings is 1. The lowest BCUT2D eigenvalue weighted by molar-refractivity contribution is 0.272. The first kappa shape index (κ1) is 12.9. The van der Waals surface area contributed by atoms with Crippen LogP contribution in [-0.2, 0) is 0 Å². The van der Waals surface area contributed by atoms with Gasteiger partial charge in [0, 0.05) is 0 Å². The zero-order valence-electron chi connectivity index (χ0n) is 10.2. The first-order valence-corrected chi connectivity index (χ1v) is 9.16. The lowest BCUT2D eigenvalue weighted by Crippen LogP contribution is -2.16. The normalized spacial score (nSPS) is 14.8. The fraction of sp³-hybridized carbons (Fsp3) is 0.286. The molecule has 0 heterocycles. The number of aliphatic hydroxyl groups excluding tert-OH is 1. The van der Waals surface area contributed by atoms with Gasteiger partial charge in [0.1, 0.15) is 0 Å². The quantitative estimate of drug-likeness (QED) is 0.788. The Labute approximate surface area is 99.1 Å². The van der Waals surface area contributed by atoms with Gasteiger partial charge in [0.25, 0.3) is 0 Å². The average Bonchev–Trinajstić information content (AvgIpc) is 2.24. The van der Waals surface area contributed by atoms with Crippen LogP contribution in [0.3, 0.4) is 0 Å². The Morgan fingerprint density at radius 1 is 1.06 bits per heavy atom. The molecule has 2 heteroatoms. The van der Waals surface area contributed by atoms with E-state index >= 15 is 0 Å². The number of aliphatic hydroxyl groups is 1. The van der Waals surface area contributed by atoms with Gasteiger partial charge >= 0.3 is 0 Å². The third-order valence-corrected chi connectivity index (χ3v) is 3.27. The van der Waals surface area contributed by atoms with Gasteiger partial charge in [-0.3, -0.25) is 0 Å². The van der Waals surface area contributed by atoms with Crippen molar-refractivity contribution in [1.82, 2.24) is 0 Å². The van der Waals surface area contributed by atoms with Crippen molar-refractivity contribution in [2.45, 2.75) is 25.7 Å². The van der Waals surface area contributed by atoms with Gasteiger partial charge in [-0.25, -0.2) is 0 Å². The minimum Gasteiger partial charge on any atom is -0.385 e. The molecule has 0 saturated carbocycles. The van der Waals surface area contributed by atoms with Crippen LogP contribution >= 0.6 is 0 Å². The van der Waals surface area contributed by atoms with Crippen molar-refractivity contribution in [3.63, 3.8) is 0 Å². The van der Waals surface area contributed by atoms with E-state index < -0.39 is 14.2 Å². The monoisotopic (exact) mass is 232 g/mol. The highest BCUT2D eigenvalue weighted by molar-refractivity contribution is 6.80. The summed E-state index contributed by atoms with van der Waals surface area (Å²) >= 11 is 0. The second-order valence-corrected chi connectivity index (χ2v) is 10.1. The van der Waals surface area contributed by atoms with E-state index in [2.05, 4.69) is 25.3 Å². The smallest absolute Gasteiger partial charge is 0.0902 e. The van der Waals surface area contributed by atoms with E-state index in [1.165, 1.54) is 0 Å². The Kier molecular flexibility index (Phi) is 4.71. The fourth-order valence-electron chi connectivity index (χ4n) is 1.23. The first-order chi connectivity index (χ1) is 7.47. The molecular formula is C14H20OSi. The molecule has 0 aliphatic rings. The summed E-state index contributed by atoms with van der Waals surface area (Å²) in [5.74, 6) is 0. The van der Waals surface area contributed by atoms with Gasteiger partial charge in [0.15, 0.2) is 0 Å². The van der Waals surface area contributed by atoms with Crippen molar-refractivity contribution < 1.29 is 5.11 Å². The minimum atomic E-state index is -1.20. The molecule has 0 fully saturated rings. The molecule has 0 saturated heterocycles. The summed E-state index contributed by atoms with van der Waals surface area (Å²) in [4.78, 5) is 0. The maximum atomic E-state index is 9.72. The van der Waals surface area contributed by atoms with Gasteiger partial charge in [-0.15, -0.1) is 0 Å². The van der Waals surface area contributed by atoms with Crippen LogP contribution in [0.2, 0.25) is 19.6 Å². The Hall–Kier alpha value is -1.12. The third-order valence-electron chi connectivity index (χ3n) is 2.08. The van der Waals surface area contributed by atoms with E-state index in [0.717, 1.165) is 5.56 Å². The van der Waals surface area contributed by atoms with Gasteiger partial charge in [-0.1, -0.05) is 73.9 Å². The topological polar surface area (TPSA) is 20.2 Å². The molecule has 1 nitrogen and oxygen atoms in total. The molecule has 0 aromatic heterocycles. The van der Waals surface area contributed by atoms with E-state index in [0.29, 0.717) is 0 Å². The summed E-state index contributed by atoms with van der Waals surface area (Å²) in [5, 5.41) is 9.72. The second kappa shape index (κ2) is 5.82. The van der Waals surface area contributed by atoms with Crippen LogP contribution in [-0.4, -0.2) is 19.3 Å². The lowest BCUT2D eigenvalue weighted by atomic mass is 10.2. The van der Waals surface area contributed by atoms with E-state index in [9.17, 15) is 5.11 Å². The predicted octanol–water partition coefficient (Wildman–Crippen LogP) is 3.49. The van der Waals surface area contributed by atoms with Crippen LogP contribution in [0.25, 0.3) is 6.08 Å². The van der Waals surface area contributed by atoms with Crippen LogP contribution in [0.15, 0.2) is 48.2 Å². The van der Waals surface area contributed by atoms with E-state index in [1.807, 2.05) is 48.6 Å². The van der Waals surface area contributed by atoms with Crippen molar-refractivity contribution >= 4 is 14.1 Å². The highest BCUT2D eigenvalue weighted by Crippen LogP contribution is 2.05. The first-order valence-electron chi connectivity index (χ1n) is 5.58. The van der Waals surface area contributed by atoms with Crippen molar-refractivity contribution in [3.8, 4) is 0 Å². The van der Waals surface area contributed by atoms with E-state index in [1.54, 1.807) is 0 Å². The molecule has 86 valence electrons. The number of hydrogen-bond acceptors (Lipinski definition) is 1. The third kappa shape index (κ3) is 5.68. The summed E-state index contributed by atoms with van der Waals surface area (Å²) < 4.78 is 0. The molecule has 0 radical (unpaired) electrons. The highest BCUT2D eigenvalue weighted by Gasteiger charge is 2.07. The predicted molar refractivity (Wildman–Crippen MR) is 74.0 cm³/mol. The lowest BCUT2D eigenvalue weighted by Gasteiger charge is -2.09. The molecule has 0 aliphatic heterocycles. The maximum absolute atomic E-state index is 9.72. The van der Waals surface area contributed by atoms with Gasteiger partial charge in [-0.2, -0.15) is 0 Å². The fourth-order valence-corrected chi connectivity index (χ4v) is 2.00. The summed E-state index contributed by atoms with van der Waals surface area (Å²) in [6, 6.07) is 10.0. The molecule has 0 spiro atoms. The SMILES string of the molecule is C[Si](C)(C)C=CC(O)C=Cc1ccccc1. The molecule has 0 amide bonds. The van der Waals surface area contributed by atoms with Gasteiger partial charge in [-0.05, 0) is 5.56 Å². The molecule has 0 bridgehead atoms.